The Balaban J connectivity index is 2.29. The van der Waals surface area contributed by atoms with E-state index in [9.17, 15) is 15.3 Å². The molecule has 24 heavy (non-hydrogen) atoms. The van der Waals surface area contributed by atoms with Gasteiger partial charge >= 0.3 is 0 Å². The third-order valence-electron chi connectivity index (χ3n) is 3.73. The van der Waals surface area contributed by atoms with Crippen LogP contribution in [0.3, 0.4) is 0 Å². The van der Waals surface area contributed by atoms with Crippen LogP contribution < -0.4 is 14.2 Å². The Hall–Kier alpha value is -2.44. The lowest BCUT2D eigenvalue weighted by atomic mass is 10.0. The predicted molar refractivity (Wildman–Crippen MR) is 88.9 cm³/mol. The fourth-order valence-corrected chi connectivity index (χ4v) is 2.40. The topological polar surface area (TPSA) is 88.4 Å². The smallest absolute Gasteiger partial charge is 0.161 e. The van der Waals surface area contributed by atoms with E-state index in [1.165, 1.54) is 20.3 Å². The van der Waals surface area contributed by atoms with Crippen molar-refractivity contribution in [3.05, 3.63) is 47.5 Å². The second-order valence-corrected chi connectivity index (χ2v) is 5.32. The zero-order valence-corrected chi connectivity index (χ0v) is 13.9. The van der Waals surface area contributed by atoms with Crippen LogP contribution in [0.25, 0.3) is 0 Å². The molecule has 0 saturated carbocycles. The van der Waals surface area contributed by atoms with Gasteiger partial charge in [-0.1, -0.05) is 12.1 Å². The number of phenols is 1. The largest absolute Gasteiger partial charge is 0.504 e. The molecule has 6 nitrogen and oxygen atoms in total. The van der Waals surface area contributed by atoms with E-state index >= 15 is 0 Å². The summed E-state index contributed by atoms with van der Waals surface area (Å²) >= 11 is 0. The first-order valence-electron chi connectivity index (χ1n) is 7.47. The molecule has 0 bridgehead atoms. The molecular weight excluding hydrogens is 312 g/mol. The van der Waals surface area contributed by atoms with E-state index < -0.39 is 18.8 Å². The molecule has 2 aromatic carbocycles. The van der Waals surface area contributed by atoms with Gasteiger partial charge < -0.3 is 29.5 Å². The summed E-state index contributed by atoms with van der Waals surface area (Å²) in [7, 11) is 2.94. The molecule has 3 N–H and O–H groups in total. The number of aromatic hydroxyl groups is 1. The minimum atomic E-state index is -1.12. The Morgan fingerprint density at radius 1 is 1.00 bits per heavy atom. The highest BCUT2D eigenvalue weighted by atomic mass is 16.5. The summed E-state index contributed by atoms with van der Waals surface area (Å²) < 4.78 is 16.0. The molecule has 0 amide bonds. The van der Waals surface area contributed by atoms with Crippen molar-refractivity contribution in [2.75, 3.05) is 20.8 Å². The van der Waals surface area contributed by atoms with E-state index in [4.69, 9.17) is 14.2 Å². The van der Waals surface area contributed by atoms with Crippen molar-refractivity contribution in [3.63, 3.8) is 0 Å². The number of benzene rings is 2. The summed E-state index contributed by atoms with van der Waals surface area (Å²) in [4.78, 5) is 0. The normalized spacial score (nSPS) is 13.2. The predicted octanol–water partition coefficient (Wildman–Crippen LogP) is 2.19. The van der Waals surface area contributed by atoms with Gasteiger partial charge in [-0.05, 0) is 42.3 Å². The van der Waals surface area contributed by atoms with Gasteiger partial charge in [0, 0.05) is 0 Å². The van der Waals surface area contributed by atoms with E-state index in [0.717, 1.165) is 0 Å². The number of aryl methyl sites for hydroxylation is 1. The number of para-hydroxylation sites is 2. The molecule has 0 spiro atoms. The summed E-state index contributed by atoms with van der Waals surface area (Å²) in [6, 6.07) is 10.1. The number of ether oxygens (including phenoxy) is 3. The lowest BCUT2D eigenvalue weighted by molar-refractivity contribution is -0.000541. The maximum Gasteiger partial charge on any atom is 0.161 e. The SMILES string of the molecule is COc1ccccc1OC(CO)C(O)c1cc(C)c(O)c(OC)c1. The quantitative estimate of drug-likeness (QED) is 0.719. The van der Waals surface area contributed by atoms with Crippen LogP contribution in [0, 0.1) is 6.92 Å². The first-order chi connectivity index (χ1) is 11.5. The molecule has 2 atom stereocenters. The van der Waals surface area contributed by atoms with E-state index in [-0.39, 0.29) is 11.5 Å². The van der Waals surface area contributed by atoms with Crippen LogP contribution in [0.15, 0.2) is 36.4 Å². The number of hydrogen-bond acceptors (Lipinski definition) is 6. The summed E-state index contributed by atoms with van der Waals surface area (Å²) in [6.07, 6.45) is -2.02. The zero-order chi connectivity index (χ0) is 17.7. The van der Waals surface area contributed by atoms with Gasteiger partial charge in [0.05, 0.1) is 20.8 Å². The highest BCUT2D eigenvalue weighted by molar-refractivity contribution is 5.48. The van der Waals surface area contributed by atoms with Gasteiger partial charge in [-0.15, -0.1) is 0 Å². The van der Waals surface area contributed by atoms with E-state index in [0.29, 0.717) is 22.6 Å². The first kappa shape index (κ1) is 17.9. The fourth-order valence-electron chi connectivity index (χ4n) is 2.40. The third kappa shape index (κ3) is 3.72. The van der Waals surface area contributed by atoms with Crippen molar-refractivity contribution < 1.29 is 29.5 Å². The van der Waals surface area contributed by atoms with Gasteiger partial charge in [0.15, 0.2) is 29.1 Å². The molecule has 0 radical (unpaired) electrons. The zero-order valence-electron chi connectivity index (χ0n) is 13.9. The van der Waals surface area contributed by atoms with Crippen LogP contribution in [0.4, 0.5) is 0 Å². The van der Waals surface area contributed by atoms with E-state index in [1.807, 2.05) is 0 Å². The fraction of sp³-hybridized carbons (Fsp3) is 0.333. The van der Waals surface area contributed by atoms with Crippen molar-refractivity contribution >= 4 is 0 Å². The molecule has 0 aliphatic rings. The summed E-state index contributed by atoms with van der Waals surface area (Å²) in [5.74, 6) is 1.18. The van der Waals surface area contributed by atoms with Crippen LogP contribution in [0.5, 0.6) is 23.0 Å². The molecule has 0 aliphatic heterocycles. The second kappa shape index (κ2) is 7.90. The molecule has 0 aliphatic carbocycles. The third-order valence-corrected chi connectivity index (χ3v) is 3.73. The average molecular weight is 334 g/mol. The van der Waals surface area contributed by atoms with Gasteiger partial charge in [0.25, 0.3) is 0 Å². The number of aliphatic hydroxyl groups is 2. The Kier molecular flexibility index (Phi) is 5.89. The number of aliphatic hydroxyl groups excluding tert-OH is 2. The van der Waals surface area contributed by atoms with Crippen LogP contribution in [-0.2, 0) is 0 Å². The summed E-state index contributed by atoms with van der Waals surface area (Å²) in [5.41, 5.74) is 1.02. The minimum absolute atomic E-state index is 0.0136. The lowest BCUT2D eigenvalue weighted by Crippen LogP contribution is -2.29. The lowest BCUT2D eigenvalue weighted by Gasteiger charge is -2.24. The summed E-state index contributed by atoms with van der Waals surface area (Å²) in [5, 5.41) is 30.1. The number of phenolic OH excluding ortho intramolecular Hbond substituents is 1. The van der Waals surface area contributed by atoms with Crippen molar-refractivity contribution in [1.29, 1.82) is 0 Å². The van der Waals surface area contributed by atoms with E-state index in [2.05, 4.69) is 0 Å². The van der Waals surface area contributed by atoms with Gasteiger partial charge in [0.2, 0.25) is 0 Å². The molecular formula is C18H22O6. The monoisotopic (exact) mass is 334 g/mol. The Bertz CT molecular complexity index is 685. The molecule has 0 saturated heterocycles. The molecule has 2 unspecified atom stereocenters. The number of rotatable bonds is 7. The van der Waals surface area contributed by atoms with Crippen molar-refractivity contribution in [2.24, 2.45) is 0 Å². The van der Waals surface area contributed by atoms with Crippen molar-refractivity contribution in [3.8, 4) is 23.0 Å². The van der Waals surface area contributed by atoms with Gasteiger partial charge in [-0.3, -0.25) is 0 Å². The highest BCUT2D eigenvalue weighted by Gasteiger charge is 2.25. The molecule has 0 fully saturated rings. The van der Waals surface area contributed by atoms with Crippen LogP contribution in [0.2, 0.25) is 0 Å². The molecule has 2 aromatic rings. The number of methoxy groups -OCH3 is 2. The maximum atomic E-state index is 10.6. The second-order valence-electron chi connectivity index (χ2n) is 5.32. The molecule has 130 valence electrons. The first-order valence-corrected chi connectivity index (χ1v) is 7.47. The molecule has 0 heterocycles. The van der Waals surface area contributed by atoms with Gasteiger partial charge in [-0.25, -0.2) is 0 Å². The average Bonchev–Trinajstić information content (AvgIpc) is 2.61. The van der Waals surface area contributed by atoms with Crippen LogP contribution in [0.1, 0.15) is 17.2 Å². The minimum Gasteiger partial charge on any atom is -0.504 e. The standard InChI is InChI=1S/C18H22O6/c1-11-8-12(9-15(23-3)17(11)20)18(21)16(10-19)24-14-7-5-4-6-13(14)22-2/h4-9,16,18-21H,10H2,1-3H3. The van der Waals surface area contributed by atoms with Crippen LogP contribution >= 0.6 is 0 Å². The Labute approximate surface area is 140 Å². The molecule has 6 heteroatoms. The molecule has 2 rings (SSSR count). The van der Waals surface area contributed by atoms with Crippen LogP contribution in [-0.4, -0.2) is 42.3 Å². The maximum absolute atomic E-state index is 10.6. The summed E-state index contributed by atoms with van der Waals surface area (Å²) in [6.45, 7) is 1.30. The van der Waals surface area contributed by atoms with Crippen molar-refractivity contribution in [2.45, 2.75) is 19.1 Å². The number of hydrogen-bond donors (Lipinski definition) is 3. The van der Waals surface area contributed by atoms with Gasteiger partial charge in [0.1, 0.15) is 6.10 Å². The van der Waals surface area contributed by atoms with Gasteiger partial charge in [-0.2, -0.15) is 0 Å². The van der Waals surface area contributed by atoms with Crippen molar-refractivity contribution in [1.82, 2.24) is 0 Å². The Morgan fingerprint density at radius 2 is 1.62 bits per heavy atom. The Morgan fingerprint density at radius 3 is 2.21 bits per heavy atom. The molecule has 0 aromatic heterocycles. The highest BCUT2D eigenvalue weighted by Crippen LogP contribution is 2.35. The van der Waals surface area contributed by atoms with E-state index in [1.54, 1.807) is 37.3 Å².